The summed E-state index contributed by atoms with van der Waals surface area (Å²) in [5, 5.41) is 9.53. The van der Waals surface area contributed by atoms with Crippen molar-refractivity contribution < 1.29 is 9.90 Å². The molecule has 0 amide bonds. The molecule has 0 aromatic rings. The fraction of sp³-hybridized carbons (Fsp3) is 0.903. The molecule has 0 saturated heterocycles. The van der Waals surface area contributed by atoms with E-state index in [9.17, 15) is 9.90 Å². The Kier molecular flexibility index (Phi) is 25.2. The summed E-state index contributed by atoms with van der Waals surface area (Å²) in [5.41, 5.74) is 0. The predicted octanol–water partition coefficient (Wildman–Crippen LogP) is 10.9. The maximum absolute atomic E-state index is 11.6. The van der Waals surface area contributed by atoms with Crippen LogP contribution < -0.4 is 0 Å². The van der Waals surface area contributed by atoms with Gasteiger partial charge in [-0.25, -0.2) is 0 Å². The zero-order valence-corrected chi connectivity index (χ0v) is 22.9. The van der Waals surface area contributed by atoms with Gasteiger partial charge in [0.15, 0.2) is 0 Å². The van der Waals surface area contributed by atoms with E-state index in [4.69, 9.17) is 0 Å². The molecule has 0 radical (unpaired) electrons. The van der Waals surface area contributed by atoms with Crippen LogP contribution in [0.15, 0.2) is 12.2 Å². The highest BCUT2D eigenvalue weighted by molar-refractivity contribution is 5.69. The van der Waals surface area contributed by atoms with Crippen LogP contribution in [0.2, 0.25) is 0 Å². The minimum Gasteiger partial charge on any atom is -0.481 e. The fourth-order valence-electron chi connectivity index (χ4n) is 4.68. The average Bonchev–Trinajstić information content (AvgIpc) is 2.78. The van der Waals surface area contributed by atoms with E-state index < -0.39 is 5.97 Å². The highest BCUT2D eigenvalue weighted by atomic mass is 16.4. The lowest BCUT2D eigenvalue weighted by atomic mass is 9.94. The predicted molar refractivity (Wildman–Crippen MR) is 147 cm³/mol. The van der Waals surface area contributed by atoms with Gasteiger partial charge in [-0.05, 0) is 44.4 Å². The highest BCUT2D eigenvalue weighted by Crippen LogP contribution is 2.20. The molecule has 2 nitrogen and oxygen atoms in total. The molecule has 33 heavy (non-hydrogen) atoms. The van der Waals surface area contributed by atoms with E-state index in [0.29, 0.717) is 0 Å². The van der Waals surface area contributed by atoms with Crippen molar-refractivity contribution in [3.05, 3.63) is 12.2 Å². The van der Waals surface area contributed by atoms with Crippen molar-refractivity contribution in [2.24, 2.45) is 11.8 Å². The molecular formula is C31H60O2. The normalized spacial score (nSPS) is 12.7. The van der Waals surface area contributed by atoms with Gasteiger partial charge in [0.2, 0.25) is 0 Å². The number of unbranched alkanes of at least 4 members (excludes halogenated alkanes) is 17. The van der Waals surface area contributed by atoms with Gasteiger partial charge in [0, 0.05) is 0 Å². The molecule has 1 unspecified atom stereocenters. The van der Waals surface area contributed by atoms with E-state index in [2.05, 4.69) is 32.9 Å². The first-order valence-corrected chi connectivity index (χ1v) is 15.0. The first kappa shape index (κ1) is 32.2. The zero-order valence-electron chi connectivity index (χ0n) is 22.9. The Morgan fingerprint density at radius 1 is 0.576 bits per heavy atom. The summed E-state index contributed by atoms with van der Waals surface area (Å²) in [5.74, 6) is 0.157. The van der Waals surface area contributed by atoms with Gasteiger partial charge in [-0.2, -0.15) is 0 Å². The zero-order chi connectivity index (χ0) is 24.4. The largest absolute Gasteiger partial charge is 0.481 e. The molecule has 0 aliphatic rings. The number of hydrogen-bond donors (Lipinski definition) is 1. The summed E-state index contributed by atoms with van der Waals surface area (Å²) < 4.78 is 0. The third kappa shape index (κ3) is 25.7. The van der Waals surface area contributed by atoms with Crippen molar-refractivity contribution in [2.75, 3.05) is 0 Å². The molecule has 0 rings (SSSR count). The molecule has 0 aromatic heterocycles. The Labute approximate surface area is 208 Å². The van der Waals surface area contributed by atoms with Crippen LogP contribution in [0.25, 0.3) is 0 Å². The third-order valence-corrected chi connectivity index (χ3v) is 7.00. The van der Waals surface area contributed by atoms with Gasteiger partial charge in [-0.1, -0.05) is 142 Å². The molecule has 0 aliphatic carbocycles. The van der Waals surface area contributed by atoms with Gasteiger partial charge in [0.1, 0.15) is 0 Å². The Bertz CT molecular complexity index is 427. The second-order valence-electron chi connectivity index (χ2n) is 10.9. The number of carboxylic acids is 1. The molecule has 0 saturated carbocycles. The minimum absolute atomic E-state index is 0.113. The van der Waals surface area contributed by atoms with Crippen LogP contribution in [0.3, 0.4) is 0 Å². The van der Waals surface area contributed by atoms with Crippen LogP contribution in [0.5, 0.6) is 0 Å². The van der Waals surface area contributed by atoms with Crippen molar-refractivity contribution >= 4 is 5.97 Å². The number of carbonyl (C=O) groups is 1. The summed E-state index contributed by atoms with van der Waals surface area (Å²) in [6, 6.07) is 0. The SMILES string of the molecule is CCCCCCCC/C=C\CCCCCCC(CCCCCCCCCCC(C)C)C(=O)O. The van der Waals surface area contributed by atoms with E-state index in [-0.39, 0.29) is 5.92 Å². The maximum atomic E-state index is 11.6. The lowest BCUT2D eigenvalue weighted by Crippen LogP contribution is -2.13. The monoisotopic (exact) mass is 464 g/mol. The fourth-order valence-corrected chi connectivity index (χ4v) is 4.68. The second kappa shape index (κ2) is 25.8. The molecule has 1 N–H and O–H groups in total. The Hall–Kier alpha value is -0.790. The number of rotatable bonds is 26. The van der Waals surface area contributed by atoms with Crippen LogP contribution in [-0.4, -0.2) is 11.1 Å². The molecule has 0 bridgehead atoms. The molecule has 0 fully saturated rings. The first-order chi connectivity index (χ1) is 16.1. The van der Waals surface area contributed by atoms with E-state index in [1.165, 1.54) is 122 Å². The molecule has 0 heterocycles. The summed E-state index contributed by atoms with van der Waals surface area (Å²) in [6.45, 7) is 6.88. The van der Waals surface area contributed by atoms with Crippen molar-refractivity contribution in [3.8, 4) is 0 Å². The Morgan fingerprint density at radius 3 is 1.33 bits per heavy atom. The van der Waals surface area contributed by atoms with Gasteiger partial charge in [-0.3, -0.25) is 4.79 Å². The van der Waals surface area contributed by atoms with Gasteiger partial charge in [0.05, 0.1) is 5.92 Å². The summed E-state index contributed by atoms with van der Waals surface area (Å²) >= 11 is 0. The van der Waals surface area contributed by atoms with E-state index in [1.807, 2.05) is 0 Å². The minimum atomic E-state index is -0.572. The molecular weight excluding hydrogens is 404 g/mol. The Balaban J connectivity index is 3.49. The number of allylic oxidation sites excluding steroid dienone is 2. The lowest BCUT2D eigenvalue weighted by Gasteiger charge is -2.12. The van der Waals surface area contributed by atoms with Crippen molar-refractivity contribution in [2.45, 2.75) is 168 Å². The second-order valence-corrected chi connectivity index (χ2v) is 10.9. The molecule has 0 spiro atoms. The van der Waals surface area contributed by atoms with Crippen molar-refractivity contribution in [3.63, 3.8) is 0 Å². The lowest BCUT2D eigenvalue weighted by molar-refractivity contribution is -0.142. The topological polar surface area (TPSA) is 37.3 Å². The number of hydrogen-bond acceptors (Lipinski definition) is 1. The van der Waals surface area contributed by atoms with Gasteiger partial charge < -0.3 is 5.11 Å². The van der Waals surface area contributed by atoms with Crippen LogP contribution in [-0.2, 0) is 4.79 Å². The first-order valence-electron chi connectivity index (χ1n) is 15.0. The molecule has 1 atom stereocenters. The van der Waals surface area contributed by atoms with E-state index >= 15 is 0 Å². The number of aliphatic carboxylic acids is 1. The maximum Gasteiger partial charge on any atom is 0.306 e. The summed E-state index contributed by atoms with van der Waals surface area (Å²) in [4.78, 5) is 11.6. The van der Waals surface area contributed by atoms with Crippen LogP contribution >= 0.6 is 0 Å². The molecule has 196 valence electrons. The van der Waals surface area contributed by atoms with Crippen molar-refractivity contribution in [1.82, 2.24) is 0 Å². The smallest absolute Gasteiger partial charge is 0.306 e. The quantitative estimate of drug-likeness (QED) is 0.102. The molecule has 0 aliphatic heterocycles. The van der Waals surface area contributed by atoms with Crippen LogP contribution in [0.4, 0.5) is 0 Å². The standard InChI is InChI=1S/C31H60O2/c1-4-5-6-7-8-9-10-11-12-13-14-18-21-24-27-30(31(32)33)28-25-22-19-16-15-17-20-23-26-29(2)3/h11-12,29-30H,4-10,13-28H2,1-3H3,(H,32,33)/b12-11-. The van der Waals surface area contributed by atoms with Gasteiger partial charge in [0.25, 0.3) is 0 Å². The van der Waals surface area contributed by atoms with Crippen molar-refractivity contribution in [1.29, 1.82) is 0 Å². The van der Waals surface area contributed by atoms with Crippen LogP contribution in [0.1, 0.15) is 168 Å². The van der Waals surface area contributed by atoms with E-state index in [1.54, 1.807) is 0 Å². The molecule has 2 heteroatoms. The van der Waals surface area contributed by atoms with Gasteiger partial charge >= 0.3 is 5.97 Å². The van der Waals surface area contributed by atoms with Crippen LogP contribution in [0, 0.1) is 11.8 Å². The molecule has 0 aromatic carbocycles. The summed E-state index contributed by atoms with van der Waals surface area (Å²) in [7, 11) is 0. The van der Waals surface area contributed by atoms with E-state index in [0.717, 1.165) is 31.6 Å². The third-order valence-electron chi connectivity index (χ3n) is 7.00. The summed E-state index contributed by atoms with van der Waals surface area (Å²) in [6.07, 6.45) is 33.7. The Morgan fingerprint density at radius 2 is 0.939 bits per heavy atom. The van der Waals surface area contributed by atoms with Gasteiger partial charge in [-0.15, -0.1) is 0 Å². The number of carboxylic acid groups (broad SMARTS) is 1. The average molecular weight is 465 g/mol. The highest BCUT2D eigenvalue weighted by Gasteiger charge is 2.16.